The molecule has 17 heavy (non-hydrogen) atoms. The van der Waals surface area contributed by atoms with E-state index in [-0.39, 0.29) is 6.04 Å². The smallest absolute Gasteiger partial charge is 0.138 e. The Labute approximate surface area is 105 Å². The minimum absolute atomic E-state index is 0.279. The fourth-order valence-electron chi connectivity index (χ4n) is 1.80. The molecule has 0 saturated heterocycles. The average Bonchev–Trinajstić information content (AvgIpc) is 2.88. The highest BCUT2D eigenvalue weighted by atomic mass is 32.1. The van der Waals surface area contributed by atoms with Gasteiger partial charge in [0.1, 0.15) is 12.2 Å². The molecule has 2 aromatic heterocycles. The second-order valence-corrected chi connectivity index (χ2v) is 5.39. The zero-order chi connectivity index (χ0) is 12.3. The Morgan fingerprint density at radius 2 is 2.24 bits per heavy atom. The molecule has 0 aromatic carbocycles. The van der Waals surface area contributed by atoms with E-state index in [1.165, 1.54) is 4.88 Å². The summed E-state index contributed by atoms with van der Waals surface area (Å²) in [6.45, 7) is 4.12. The Balaban J connectivity index is 1.98. The summed E-state index contributed by atoms with van der Waals surface area (Å²) < 4.78 is 1.86. The van der Waals surface area contributed by atoms with Crippen molar-refractivity contribution in [3.8, 4) is 0 Å². The lowest BCUT2D eigenvalue weighted by Gasteiger charge is -2.12. The molecule has 4 nitrogen and oxygen atoms in total. The normalized spacial score (nSPS) is 13.2. The van der Waals surface area contributed by atoms with Gasteiger partial charge in [0.2, 0.25) is 0 Å². The monoisotopic (exact) mass is 251 g/mol. The van der Waals surface area contributed by atoms with Gasteiger partial charge >= 0.3 is 0 Å². The molecule has 0 spiro atoms. The zero-order valence-electron chi connectivity index (χ0n) is 10.1. The molecule has 92 valence electrons. The zero-order valence-corrected chi connectivity index (χ0v) is 10.9. The van der Waals surface area contributed by atoms with Crippen LogP contribution in [0.15, 0.2) is 23.8 Å². The molecule has 0 aliphatic heterocycles. The van der Waals surface area contributed by atoms with Crippen LogP contribution in [-0.2, 0) is 12.8 Å². The molecule has 0 bridgehead atoms. The molecule has 2 heterocycles. The highest BCUT2D eigenvalue weighted by molar-refractivity contribution is 7.09. The summed E-state index contributed by atoms with van der Waals surface area (Å²) in [6.07, 6.45) is 2.39. The van der Waals surface area contributed by atoms with E-state index >= 15 is 0 Å². The Morgan fingerprint density at radius 1 is 1.41 bits per heavy atom. The lowest BCUT2D eigenvalue weighted by atomic mass is 10.1. The summed E-state index contributed by atoms with van der Waals surface area (Å²) in [7, 11) is 0. The number of hydrogen-bond acceptors (Lipinski definition) is 4. The molecule has 0 saturated carbocycles. The van der Waals surface area contributed by atoms with Crippen LogP contribution in [-0.4, -0.2) is 26.0 Å². The van der Waals surface area contributed by atoms with Crippen LogP contribution >= 0.6 is 11.3 Å². The van der Waals surface area contributed by atoms with Gasteiger partial charge in [-0.05, 0) is 25.3 Å². The summed E-state index contributed by atoms with van der Waals surface area (Å²) in [6, 6.07) is 4.33. The van der Waals surface area contributed by atoms with E-state index in [9.17, 15) is 5.11 Å². The van der Waals surface area contributed by atoms with E-state index < -0.39 is 6.10 Å². The van der Waals surface area contributed by atoms with Gasteiger partial charge in [-0.25, -0.2) is 9.67 Å². The van der Waals surface area contributed by atoms with Crippen molar-refractivity contribution >= 4 is 11.3 Å². The van der Waals surface area contributed by atoms with Gasteiger partial charge in [-0.2, -0.15) is 5.10 Å². The molecular formula is C12H17N3OS. The van der Waals surface area contributed by atoms with E-state index in [0.717, 1.165) is 5.82 Å². The summed E-state index contributed by atoms with van der Waals surface area (Å²) in [4.78, 5) is 5.40. The first-order valence-corrected chi connectivity index (χ1v) is 6.63. The summed E-state index contributed by atoms with van der Waals surface area (Å²) in [5, 5.41) is 16.2. The van der Waals surface area contributed by atoms with Crippen molar-refractivity contribution in [2.45, 2.75) is 38.8 Å². The minimum atomic E-state index is -0.393. The van der Waals surface area contributed by atoms with E-state index in [4.69, 9.17) is 0 Å². The van der Waals surface area contributed by atoms with Crippen LogP contribution in [0, 0.1) is 0 Å². The lowest BCUT2D eigenvalue weighted by molar-refractivity contribution is 0.171. The number of thiophene rings is 1. The number of aliphatic hydroxyl groups excluding tert-OH is 1. The molecule has 0 aliphatic carbocycles. The molecule has 2 rings (SSSR count). The minimum Gasteiger partial charge on any atom is -0.392 e. The summed E-state index contributed by atoms with van der Waals surface area (Å²) in [5.41, 5.74) is 0. The molecular weight excluding hydrogens is 234 g/mol. The molecule has 0 radical (unpaired) electrons. The summed E-state index contributed by atoms with van der Waals surface area (Å²) >= 11 is 1.67. The van der Waals surface area contributed by atoms with E-state index in [1.807, 2.05) is 22.2 Å². The van der Waals surface area contributed by atoms with Crippen molar-refractivity contribution in [2.24, 2.45) is 0 Å². The van der Waals surface area contributed by atoms with Crippen LogP contribution in [0.4, 0.5) is 0 Å². The predicted molar refractivity (Wildman–Crippen MR) is 68.1 cm³/mol. The Kier molecular flexibility index (Phi) is 3.91. The van der Waals surface area contributed by atoms with Crippen molar-refractivity contribution in [2.75, 3.05) is 0 Å². The van der Waals surface area contributed by atoms with E-state index in [2.05, 4.69) is 23.9 Å². The van der Waals surface area contributed by atoms with Crippen LogP contribution < -0.4 is 0 Å². The van der Waals surface area contributed by atoms with Gasteiger partial charge in [0.05, 0.1) is 6.10 Å². The number of nitrogens with zero attached hydrogens (tertiary/aromatic N) is 3. The van der Waals surface area contributed by atoms with Crippen molar-refractivity contribution in [1.29, 1.82) is 0 Å². The summed E-state index contributed by atoms with van der Waals surface area (Å²) in [5.74, 6) is 0.851. The van der Waals surface area contributed by atoms with Crippen LogP contribution in [0.3, 0.4) is 0 Å². The second-order valence-electron chi connectivity index (χ2n) is 4.36. The van der Waals surface area contributed by atoms with Gasteiger partial charge in [0.15, 0.2) is 0 Å². The first kappa shape index (κ1) is 12.3. The fraction of sp³-hybridized carbons (Fsp3) is 0.500. The standard InChI is InChI=1S/C12H17N3OS/c1-9(2)15-12(13-8-14-15)7-10(16)6-11-4-3-5-17-11/h3-5,8-10,16H,6-7H2,1-2H3. The topological polar surface area (TPSA) is 50.9 Å². The lowest BCUT2D eigenvalue weighted by Crippen LogP contribution is -2.18. The molecule has 1 atom stereocenters. The van der Waals surface area contributed by atoms with Gasteiger partial charge in [-0.1, -0.05) is 6.07 Å². The van der Waals surface area contributed by atoms with Crippen molar-refractivity contribution in [1.82, 2.24) is 14.8 Å². The van der Waals surface area contributed by atoms with Crippen LogP contribution in [0.1, 0.15) is 30.6 Å². The molecule has 0 aliphatic rings. The number of rotatable bonds is 5. The maximum absolute atomic E-state index is 10.0. The van der Waals surface area contributed by atoms with Crippen LogP contribution in [0.2, 0.25) is 0 Å². The third-order valence-corrected chi connectivity index (χ3v) is 3.47. The Morgan fingerprint density at radius 3 is 2.88 bits per heavy atom. The predicted octanol–water partition coefficient (Wildman–Crippen LogP) is 2.07. The first-order valence-electron chi connectivity index (χ1n) is 5.75. The van der Waals surface area contributed by atoms with Crippen molar-refractivity contribution < 1.29 is 5.11 Å². The third kappa shape index (κ3) is 3.14. The highest BCUT2D eigenvalue weighted by Gasteiger charge is 2.13. The Bertz CT molecular complexity index is 450. The molecule has 1 unspecified atom stereocenters. The first-order chi connectivity index (χ1) is 8.16. The Hall–Kier alpha value is -1.20. The van der Waals surface area contributed by atoms with Crippen molar-refractivity contribution in [3.05, 3.63) is 34.5 Å². The third-order valence-electron chi connectivity index (χ3n) is 2.57. The second kappa shape index (κ2) is 5.42. The fourth-order valence-corrected chi connectivity index (χ4v) is 2.57. The van der Waals surface area contributed by atoms with Gasteiger partial charge < -0.3 is 5.11 Å². The molecule has 2 aromatic rings. The highest BCUT2D eigenvalue weighted by Crippen LogP contribution is 2.14. The molecule has 5 heteroatoms. The van der Waals surface area contributed by atoms with Gasteiger partial charge in [0, 0.05) is 23.8 Å². The van der Waals surface area contributed by atoms with Gasteiger partial charge in [-0.3, -0.25) is 0 Å². The van der Waals surface area contributed by atoms with E-state index in [1.54, 1.807) is 17.7 Å². The van der Waals surface area contributed by atoms with Crippen molar-refractivity contribution in [3.63, 3.8) is 0 Å². The quantitative estimate of drug-likeness (QED) is 0.885. The maximum atomic E-state index is 10.0. The van der Waals surface area contributed by atoms with Crippen LogP contribution in [0.5, 0.6) is 0 Å². The maximum Gasteiger partial charge on any atom is 0.138 e. The van der Waals surface area contributed by atoms with Crippen LogP contribution in [0.25, 0.3) is 0 Å². The number of aliphatic hydroxyl groups is 1. The largest absolute Gasteiger partial charge is 0.392 e. The average molecular weight is 251 g/mol. The number of hydrogen-bond donors (Lipinski definition) is 1. The van der Waals surface area contributed by atoms with Gasteiger partial charge in [-0.15, -0.1) is 11.3 Å². The molecule has 0 fully saturated rings. The SMILES string of the molecule is CC(C)n1ncnc1CC(O)Cc1cccs1. The molecule has 0 amide bonds. The number of aromatic nitrogens is 3. The van der Waals surface area contributed by atoms with Gasteiger partial charge in [0.25, 0.3) is 0 Å². The molecule has 1 N–H and O–H groups in total. The van der Waals surface area contributed by atoms with E-state index in [0.29, 0.717) is 12.8 Å².